The monoisotopic (exact) mass is 481 g/mol. The van der Waals surface area contributed by atoms with Crippen LogP contribution in [0.15, 0.2) is 64.5 Å². The molecular weight excluding hydrogens is 454 g/mol. The van der Waals surface area contributed by atoms with Crippen LogP contribution in [0.25, 0.3) is 0 Å². The molecular formula is C25H27N3O5S. The van der Waals surface area contributed by atoms with E-state index in [9.17, 15) is 14.4 Å². The molecule has 8 nitrogen and oxygen atoms in total. The highest BCUT2D eigenvalue weighted by Crippen LogP contribution is 2.21. The lowest BCUT2D eigenvalue weighted by molar-refractivity contribution is -0.115. The van der Waals surface area contributed by atoms with E-state index in [1.165, 1.54) is 17.8 Å². The van der Waals surface area contributed by atoms with Gasteiger partial charge in [-0.15, -0.1) is 0 Å². The van der Waals surface area contributed by atoms with Gasteiger partial charge in [-0.3, -0.25) is 9.59 Å². The summed E-state index contributed by atoms with van der Waals surface area (Å²) in [6, 6.07) is 15.4. The fraction of sp³-hybridized carbons (Fsp3) is 0.280. The van der Waals surface area contributed by atoms with Gasteiger partial charge in [-0.2, -0.15) is 0 Å². The van der Waals surface area contributed by atoms with Crippen molar-refractivity contribution in [2.45, 2.75) is 37.1 Å². The summed E-state index contributed by atoms with van der Waals surface area (Å²) in [5.74, 6) is 0.632. The number of unbranched alkanes of at least 4 members (excludes halogenated alkanes) is 1. The summed E-state index contributed by atoms with van der Waals surface area (Å²) in [6.45, 7) is 2.41. The number of benzene rings is 2. The Kier molecular flexibility index (Phi) is 9.28. The maximum Gasteiger partial charge on any atom is 0.338 e. The molecule has 2 N–H and O–H groups in total. The van der Waals surface area contributed by atoms with Gasteiger partial charge in [0, 0.05) is 17.5 Å². The predicted octanol–water partition coefficient (Wildman–Crippen LogP) is 4.21. The predicted molar refractivity (Wildman–Crippen MR) is 131 cm³/mol. The topological polar surface area (TPSA) is 110 Å². The van der Waals surface area contributed by atoms with Gasteiger partial charge in [-0.1, -0.05) is 37.2 Å². The average molecular weight is 482 g/mol. The van der Waals surface area contributed by atoms with Crippen LogP contribution in [0.4, 0.5) is 5.69 Å². The van der Waals surface area contributed by atoms with Gasteiger partial charge in [-0.25, -0.2) is 9.78 Å². The number of aromatic amines is 1. The van der Waals surface area contributed by atoms with Crippen molar-refractivity contribution >= 4 is 29.3 Å². The molecule has 0 aliphatic heterocycles. The number of carbonyl (C=O) groups excluding carboxylic acids is 2. The number of anilines is 1. The molecule has 178 valence electrons. The molecule has 0 spiro atoms. The van der Waals surface area contributed by atoms with Crippen molar-refractivity contribution < 1.29 is 19.1 Å². The maximum atomic E-state index is 12.5. The number of nitrogens with zero attached hydrogens (tertiary/aromatic N) is 1. The minimum absolute atomic E-state index is 0.0581. The zero-order valence-electron chi connectivity index (χ0n) is 19.1. The molecule has 1 aromatic heterocycles. The summed E-state index contributed by atoms with van der Waals surface area (Å²) < 4.78 is 10.4. The molecule has 0 saturated carbocycles. The Morgan fingerprint density at radius 3 is 2.65 bits per heavy atom. The van der Waals surface area contributed by atoms with E-state index in [-0.39, 0.29) is 17.9 Å². The van der Waals surface area contributed by atoms with E-state index >= 15 is 0 Å². The second-order valence-electron chi connectivity index (χ2n) is 7.47. The Hall–Kier alpha value is -3.59. The van der Waals surface area contributed by atoms with Gasteiger partial charge in [0.05, 0.1) is 31.4 Å². The van der Waals surface area contributed by atoms with Crippen LogP contribution in [0.2, 0.25) is 0 Å². The SMILES string of the molecule is CCCCOC(=O)c1ccc(NC(=O)Cc2cc(=O)[nH]c(SCc3cccc(OC)c3)n2)cc1. The highest BCUT2D eigenvalue weighted by Gasteiger charge is 2.11. The van der Waals surface area contributed by atoms with Gasteiger partial charge in [0.1, 0.15) is 5.75 Å². The molecule has 0 bridgehead atoms. The fourth-order valence-corrected chi connectivity index (χ4v) is 3.85. The van der Waals surface area contributed by atoms with Crippen LogP contribution in [0.5, 0.6) is 5.75 Å². The number of methoxy groups -OCH3 is 1. The van der Waals surface area contributed by atoms with E-state index in [2.05, 4.69) is 15.3 Å². The lowest BCUT2D eigenvalue weighted by Gasteiger charge is -2.08. The minimum atomic E-state index is -0.391. The number of H-pyrrole nitrogens is 1. The van der Waals surface area contributed by atoms with Crippen LogP contribution < -0.4 is 15.6 Å². The molecule has 0 aliphatic rings. The lowest BCUT2D eigenvalue weighted by atomic mass is 10.2. The number of carbonyl (C=O) groups is 2. The van der Waals surface area contributed by atoms with Gasteiger partial charge in [0.25, 0.3) is 5.56 Å². The fourth-order valence-electron chi connectivity index (χ4n) is 3.01. The van der Waals surface area contributed by atoms with Gasteiger partial charge in [-0.05, 0) is 48.4 Å². The molecule has 0 atom stereocenters. The Morgan fingerprint density at radius 1 is 1.12 bits per heavy atom. The minimum Gasteiger partial charge on any atom is -0.497 e. The summed E-state index contributed by atoms with van der Waals surface area (Å²) in [6.07, 6.45) is 1.71. The molecule has 2 aromatic carbocycles. The van der Waals surface area contributed by atoms with E-state index in [4.69, 9.17) is 9.47 Å². The van der Waals surface area contributed by atoms with Crippen molar-refractivity contribution in [2.24, 2.45) is 0 Å². The summed E-state index contributed by atoms with van der Waals surface area (Å²) >= 11 is 1.37. The summed E-state index contributed by atoms with van der Waals surface area (Å²) in [4.78, 5) is 43.6. The van der Waals surface area contributed by atoms with Crippen LogP contribution in [0, 0.1) is 0 Å². The van der Waals surface area contributed by atoms with E-state index in [1.807, 2.05) is 31.2 Å². The number of esters is 1. The van der Waals surface area contributed by atoms with Gasteiger partial charge < -0.3 is 19.8 Å². The third kappa shape index (κ3) is 7.77. The zero-order valence-corrected chi connectivity index (χ0v) is 19.9. The molecule has 0 aliphatic carbocycles. The normalized spacial score (nSPS) is 10.5. The molecule has 34 heavy (non-hydrogen) atoms. The largest absolute Gasteiger partial charge is 0.497 e. The van der Waals surface area contributed by atoms with Gasteiger partial charge in [0.2, 0.25) is 5.91 Å². The molecule has 3 rings (SSSR count). The van der Waals surface area contributed by atoms with Crippen molar-refractivity contribution in [1.82, 2.24) is 9.97 Å². The highest BCUT2D eigenvalue weighted by molar-refractivity contribution is 7.98. The van der Waals surface area contributed by atoms with Gasteiger partial charge >= 0.3 is 5.97 Å². The second kappa shape index (κ2) is 12.6. The number of ether oxygens (including phenoxy) is 2. The Labute approximate surface area is 202 Å². The van der Waals surface area contributed by atoms with E-state index in [0.29, 0.717) is 34.5 Å². The third-order valence-electron chi connectivity index (χ3n) is 4.76. The summed E-state index contributed by atoms with van der Waals surface area (Å²) in [5, 5.41) is 3.19. The average Bonchev–Trinajstić information content (AvgIpc) is 2.83. The zero-order chi connectivity index (χ0) is 24.3. The first-order chi connectivity index (χ1) is 16.5. The molecule has 1 heterocycles. The van der Waals surface area contributed by atoms with E-state index in [0.717, 1.165) is 24.2 Å². The van der Waals surface area contributed by atoms with E-state index < -0.39 is 5.97 Å². The number of hydrogen-bond acceptors (Lipinski definition) is 7. The van der Waals surface area contributed by atoms with Crippen LogP contribution in [-0.4, -0.2) is 35.6 Å². The molecule has 0 unspecified atom stereocenters. The quantitative estimate of drug-likeness (QED) is 0.183. The van der Waals surface area contributed by atoms with Crippen molar-refractivity contribution in [1.29, 1.82) is 0 Å². The Balaban J connectivity index is 1.56. The Morgan fingerprint density at radius 2 is 1.91 bits per heavy atom. The van der Waals surface area contributed by atoms with Gasteiger partial charge in [0.15, 0.2) is 5.16 Å². The molecule has 9 heteroatoms. The van der Waals surface area contributed by atoms with Crippen molar-refractivity contribution in [2.75, 3.05) is 19.0 Å². The van der Waals surface area contributed by atoms with Crippen molar-refractivity contribution in [3.8, 4) is 5.75 Å². The number of rotatable bonds is 11. The summed E-state index contributed by atoms with van der Waals surface area (Å²) in [7, 11) is 1.61. The molecule has 0 fully saturated rings. The first-order valence-corrected chi connectivity index (χ1v) is 11.9. The third-order valence-corrected chi connectivity index (χ3v) is 5.70. The van der Waals surface area contributed by atoms with E-state index in [1.54, 1.807) is 31.4 Å². The Bertz CT molecular complexity index is 1180. The number of aromatic nitrogens is 2. The first kappa shape index (κ1) is 25.0. The second-order valence-corrected chi connectivity index (χ2v) is 8.44. The number of thioether (sulfide) groups is 1. The number of amides is 1. The highest BCUT2D eigenvalue weighted by atomic mass is 32.2. The number of hydrogen-bond donors (Lipinski definition) is 2. The first-order valence-electron chi connectivity index (χ1n) is 10.9. The van der Waals surface area contributed by atoms with Crippen molar-refractivity contribution in [3.05, 3.63) is 81.8 Å². The molecule has 0 radical (unpaired) electrons. The van der Waals surface area contributed by atoms with Crippen molar-refractivity contribution in [3.63, 3.8) is 0 Å². The molecule has 0 saturated heterocycles. The van der Waals surface area contributed by atoms with Crippen LogP contribution in [0.1, 0.15) is 41.4 Å². The maximum absolute atomic E-state index is 12.5. The van der Waals surface area contributed by atoms with Crippen LogP contribution in [0.3, 0.4) is 0 Å². The summed E-state index contributed by atoms with van der Waals surface area (Å²) in [5.41, 5.74) is 2.02. The molecule has 3 aromatic rings. The standard InChI is InChI=1S/C25H27N3O5S/c1-3-4-12-33-24(31)18-8-10-19(11-9-18)26-22(29)14-20-15-23(30)28-25(27-20)34-16-17-6-5-7-21(13-17)32-2/h5-11,13,15H,3-4,12,14,16H2,1-2H3,(H,26,29)(H,27,28,30). The van der Waals surface area contributed by atoms with Crippen LogP contribution in [-0.2, 0) is 21.7 Å². The lowest BCUT2D eigenvalue weighted by Crippen LogP contribution is -2.18. The molecule has 1 amide bonds. The van der Waals surface area contributed by atoms with Crippen LogP contribution >= 0.6 is 11.8 Å². The number of nitrogens with one attached hydrogen (secondary N) is 2. The smallest absolute Gasteiger partial charge is 0.338 e.